The quantitative estimate of drug-likeness (QED) is 0.525. The summed E-state index contributed by atoms with van der Waals surface area (Å²) in [5.41, 5.74) is 0. The van der Waals surface area contributed by atoms with Crippen LogP contribution >= 0.6 is 0 Å². The highest BCUT2D eigenvalue weighted by Crippen LogP contribution is 2.38. The van der Waals surface area contributed by atoms with Crippen molar-refractivity contribution in [2.45, 2.75) is 32.6 Å². The van der Waals surface area contributed by atoms with Gasteiger partial charge in [-0.3, -0.25) is 0 Å². The van der Waals surface area contributed by atoms with E-state index in [0.717, 1.165) is 11.8 Å². The smallest absolute Gasteiger partial charge is 0.0386 e. The van der Waals surface area contributed by atoms with Crippen LogP contribution in [0.1, 0.15) is 32.6 Å². The minimum absolute atomic E-state index is 0.778. The zero-order valence-corrected chi connectivity index (χ0v) is 5.69. The van der Waals surface area contributed by atoms with Gasteiger partial charge in [0.1, 0.15) is 0 Å². The SMILES string of the molecule is [CH2]C(CCC)C1CC1. The van der Waals surface area contributed by atoms with E-state index in [4.69, 9.17) is 0 Å². The molecule has 1 unspecified atom stereocenters. The van der Waals surface area contributed by atoms with Gasteiger partial charge < -0.3 is 0 Å². The molecule has 8 heavy (non-hydrogen) atoms. The Morgan fingerprint density at radius 2 is 2.25 bits per heavy atom. The molecular weight excluding hydrogens is 96.1 g/mol. The maximum absolute atomic E-state index is 4.09. The van der Waals surface area contributed by atoms with E-state index in [1.165, 1.54) is 25.7 Å². The van der Waals surface area contributed by atoms with Crippen LogP contribution < -0.4 is 0 Å². The standard InChI is InChI=1S/C8H15/c1-3-4-7(2)8-5-6-8/h7-8H,2-6H2,1H3. The Labute approximate surface area is 52.3 Å². The van der Waals surface area contributed by atoms with Crippen LogP contribution in [0.25, 0.3) is 0 Å². The normalized spacial score (nSPS) is 23.2. The van der Waals surface area contributed by atoms with Crippen molar-refractivity contribution in [3.05, 3.63) is 6.92 Å². The van der Waals surface area contributed by atoms with Crippen LogP contribution in [0.2, 0.25) is 0 Å². The fourth-order valence-electron chi connectivity index (χ4n) is 1.17. The molecule has 1 aliphatic rings. The Hall–Kier alpha value is 0. The maximum atomic E-state index is 4.09. The molecule has 0 amide bonds. The molecule has 0 bridgehead atoms. The van der Waals surface area contributed by atoms with Crippen molar-refractivity contribution >= 4 is 0 Å². The van der Waals surface area contributed by atoms with Gasteiger partial charge in [-0.15, -0.1) is 0 Å². The van der Waals surface area contributed by atoms with Gasteiger partial charge in [-0.2, -0.15) is 0 Å². The van der Waals surface area contributed by atoms with Crippen LogP contribution in [0.3, 0.4) is 0 Å². The first-order valence-electron chi connectivity index (χ1n) is 3.67. The minimum Gasteiger partial charge on any atom is -0.0654 e. The second-order valence-corrected chi connectivity index (χ2v) is 2.89. The van der Waals surface area contributed by atoms with Gasteiger partial charge in [0.25, 0.3) is 0 Å². The minimum atomic E-state index is 0.778. The lowest BCUT2D eigenvalue weighted by molar-refractivity contribution is 0.512. The molecule has 0 N–H and O–H groups in total. The van der Waals surface area contributed by atoms with Crippen molar-refractivity contribution in [3.63, 3.8) is 0 Å². The van der Waals surface area contributed by atoms with E-state index in [9.17, 15) is 0 Å². The summed E-state index contributed by atoms with van der Waals surface area (Å²) < 4.78 is 0. The zero-order valence-electron chi connectivity index (χ0n) is 5.69. The molecule has 0 aliphatic heterocycles. The molecule has 0 aromatic carbocycles. The van der Waals surface area contributed by atoms with Crippen molar-refractivity contribution in [3.8, 4) is 0 Å². The zero-order chi connectivity index (χ0) is 5.98. The first kappa shape index (κ1) is 6.12. The predicted molar refractivity (Wildman–Crippen MR) is 36.5 cm³/mol. The van der Waals surface area contributed by atoms with E-state index in [0.29, 0.717) is 0 Å². The fraction of sp³-hybridized carbons (Fsp3) is 0.875. The molecule has 1 atom stereocenters. The highest BCUT2D eigenvalue weighted by Gasteiger charge is 2.26. The Morgan fingerprint density at radius 3 is 2.62 bits per heavy atom. The molecule has 0 nitrogen and oxygen atoms in total. The molecule has 0 aromatic rings. The first-order chi connectivity index (χ1) is 3.84. The average molecular weight is 111 g/mol. The maximum Gasteiger partial charge on any atom is -0.0386 e. The number of hydrogen-bond donors (Lipinski definition) is 0. The summed E-state index contributed by atoms with van der Waals surface area (Å²) in [4.78, 5) is 0. The number of hydrogen-bond acceptors (Lipinski definition) is 0. The van der Waals surface area contributed by atoms with Crippen LogP contribution in [0, 0.1) is 18.8 Å². The van der Waals surface area contributed by atoms with E-state index in [1.807, 2.05) is 0 Å². The molecule has 0 saturated heterocycles. The molecule has 1 aliphatic carbocycles. The molecule has 1 radical (unpaired) electrons. The van der Waals surface area contributed by atoms with Crippen LogP contribution in [0.4, 0.5) is 0 Å². The van der Waals surface area contributed by atoms with Crippen LogP contribution in [-0.4, -0.2) is 0 Å². The van der Waals surface area contributed by atoms with Crippen molar-refractivity contribution in [1.29, 1.82) is 0 Å². The lowest BCUT2D eigenvalue weighted by Gasteiger charge is -2.04. The Balaban J connectivity index is 2.03. The van der Waals surface area contributed by atoms with Crippen LogP contribution in [0.15, 0.2) is 0 Å². The van der Waals surface area contributed by atoms with E-state index < -0.39 is 0 Å². The van der Waals surface area contributed by atoms with Crippen molar-refractivity contribution < 1.29 is 0 Å². The number of rotatable bonds is 3. The molecule has 1 rings (SSSR count). The van der Waals surface area contributed by atoms with Gasteiger partial charge >= 0.3 is 0 Å². The van der Waals surface area contributed by atoms with E-state index in [1.54, 1.807) is 0 Å². The molecular formula is C8H15. The van der Waals surface area contributed by atoms with Crippen molar-refractivity contribution in [2.75, 3.05) is 0 Å². The molecule has 0 spiro atoms. The van der Waals surface area contributed by atoms with Crippen LogP contribution in [-0.2, 0) is 0 Å². The van der Waals surface area contributed by atoms with Gasteiger partial charge in [0, 0.05) is 0 Å². The second-order valence-electron chi connectivity index (χ2n) is 2.89. The van der Waals surface area contributed by atoms with Gasteiger partial charge in [-0.25, -0.2) is 0 Å². The topological polar surface area (TPSA) is 0 Å². The molecule has 0 heterocycles. The highest BCUT2D eigenvalue weighted by molar-refractivity contribution is 4.81. The summed E-state index contributed by atoms with van der Waals surface area (Å²) in [5.74, 6) is 1.79. The summed E-state index contributed by atoms with van der Waals surface area (Å²) in [6, 6.07) is 0. The van der Waals surface area contributed by atoms with Gasteiger partial charge in [-0.05, 0) is 31.6 Å². The lowest BCUT2D eigenvalue weighted by Crippen LogP contribution is -1.94. The Bertz CT molecular complexity index is 62.4. The van der Waals surface area contributed by atoms with Gasteiger partial charge in [0.05, 0.1) is 0 Å². The molecule has 47 valence electrons. The summed E-state index contributed by atoms with van der Waals surface area (Å²) in [6.07, 6.45) is 5.55. The fourth-order valence-corrected chi connectivity index (χ4v) is 1.17. The molecule has 0 aromatic heterocycles. The third-order valence-electron chi connectivity index (χ3n) is 1.95. The molecule has 0 heteroatoms. The Morgan fingerprint density at radius 1 is 1.62 bits per heavy atom. The van der Waals surface area contributed by atoms with E-state index in [-0.39, 0.29) is 0 Å². The highest BCUT2D eigenvalue weighted by atomic mass is 14.3. The van der Waals surface area contributed by atoms with E-state index in [2.05, 4.69) is 13.8 Å². The van der Waals surface area contributed by atoms with Crippen molar-refractivity contribution in [2.24, 2.45) is 11.8 Å². The summed E-state index contributed by atoms with van der Waals surface area (Å²) in [7, 11) is 0. The summed E-state index contributed by atoms with van der Waals surface area (Å²) in [5, 5.41) is 0. The Kier molecular flexibility index (Phi) is 1.93. The van der Waals surface area contributed by atoms with Crippen LogP contribution in [0.5, 0.6) is 0 Å². The van der Waals surface area contributed by atoms with E-state index >= 15 is 0 Å². The lowest BCUT2D eigenvalue weighted by atomic mass is 10.0. The first-order valence-corrected chi connectivity index (χ1v) is 3.67. The summed E-state index contributed by atoms with van der Waals surface area (Å²) in [6.45, 7) is 6.33. The molecule has 1 saturated carbocycles. The average Bonchev–Trinajstić information content (AvgIpc) is 2.45. The summed E-state index contributed by atoms with van der Waals surface area (Å²) >= 11 is 0. The predicted octanol–water partition coefficient (Wildman–Crippen LogP) is 2.65. The largest absolute Gasteiger partial charge is 0.0654 e. The third-order valence-corrected chi connectivity index (χ3v) is 1.95. The molecule has 1 fully saturated rings. The second kappa shape index (κ2) is 2.52. The van der Waals surface area contributed by atoms with Gasteiger partial charge in [0.15, 0.2) is 0 Å². The monoisotopic (exact) mass is 111 g/mol. The third kappa shape index (κ3) is 1.50. The van der Waals surface area contributed by atoms with Gasteiger partial charge in [-0.1, -0.05) is 19.8 Å². The van der Waals surface area contributed by atoms with Gasteiger partial charge in [0.2, 0.25) is 0 Å². The van der Waals surface area contributed by atoms with Crippen molar-refractivity contribution in [1.82, 2.24) is 0 Å².